The lowest BCUT2D eigenvalue weighted by molar-refractivity contribution is 0.462. The van der Waals surface area contributed by atoms with E-state index in [1.807, 2.05) is 0 Å². The first-order chi connectivity index (χ1) is 8.42. The van der Waals surface area contributed by atoms with Crippen LogP contribution in [0.4, 0.5) is 18.9 Å². The summed E-state index contributed by atoms with van der Waals surface area (Å²) in [5.41, 5.74) is -0.366. The molecule has 0 amide bonds. The van der Waals surface area contributed by atoms with Crippen molar-refractivity contribution in [1.82, 2.24) is 4.72 Å². The van der Waals surface area contributed by atoms with E-state index in [1.165, 1.54) is 4.90 Å². The summed E-state index contributed by atoms with van der Waals surface area (Å²) >= 11 is 0. The zero-order valence-electron chi connectivity index (χ0n) is 9.08. The first-order valence-electron chi connectivity index (χ1n) is 5.35. The molecule has 4 nitrogen and oxygen atoms in total. The second kappa shape index (κ2) is 3.61. The Labute approximate surface area is 101 Å². The maximum atomic E-state index is 13.8. The summed E-state index contributed by atoms with van der Waals surface area (Å²) in [4.78, 5) is 0.493. The minimum atomic E-state index is -4.20. The number of nitrogens with zero attached hydrogens (tertiary/aromatic N) is 1. The Balaban J connectivity index is 2.31. The molecule has 1 heterocycles. The van der Waals surface area contributed by atoms with Gasteiger partial charge in [-0.3, -0.25) is 0 Å². The molecule has 1 saturated carbocycles. The molecule has 1 aliphatic heterocycles. The van der Waals surface area contributed by atoms with E-state index in [9.17, 15) is 21.6 Å². The molecular formula is C10H9F3N2O2S. The second-order valence-electron chi connectivity index (χ2n) is 4.34. The van der Waals surface area contributed by atoms with Crippen molar-refractivity contribution >= 4 is 15.7 Å². The minimum Gasteiger partial charge on any atom is -0.351 e. The van der Waals surface area contributed by atoms with Crippen molar-refractivity contribution in [2.45, 2.75) is 23.8 Å². The van der Waals surface area contributed by atoms with Crippen LogP contribution in [-0.2, 0) is 10.0 Å². The van der Waals surface area contributed by atoms with E-state index in [2.05, 4.69) is 4.72 Å². The maximum Gasteiger partial charge on any atom is 0.247 e. The quantitative estimate of drug-likeness (QED) is 0.788. The third kappa shape index (κ3) is 1.59. The van der Waals surface area contributed by atoms with E-state index in [1.54, 1.807) is 0 Å². The van der Waals surface area contributed by atoms with Gasteiger partial charge < -0.3 is 4.90 Å². The van der Waals surface area contributed by atoms with Crippen molar-refractivity contribution in [2.24, 2.45) is 0 Å². The number of rotatable bonds is 1. The fraction of sp³-hybridized carbons (Fsp3) is 0.400. The molecule has 0 spiro atoms. The van der Waals surface area contributed by atoms with Gasteiger partial charge in [0.05, 0.1) is 12.4 Å². The minimum absolute atomic E-state index is 0.0221. The summed E-state index contributed by atoms with van der Waals surface area (Å²) in [5.74, 6) is -4.10. The lowest BCUT2D eigenvalue weighted by Crippen LogP contribution is -2.45. The summed E-state index contributed by atoms with van der Waals surface area (Å²) in [6, 6.07) is 0.357. The summed E-state index contributed by atoms with van der Waals surface area (Å²) < 4.78 is 66.0. The predicted octanol–water partition coefficient (Wildman–Crippen LogP) is 1.32. The average Bonchev–Trinajstić information content (AvgIpc) is 3.08. The molecule has 2 aliphatic rings. The number of nitrogens with one attached hydrogen (secondary N) is 1. The van der Waals surface area contributed by atoms with Crippen molar-refractivity contribution in [2.75, 3.05) is 11.6 Å². The predicted molar refractivity (Wildman–Crippen MR) is 57.0 cm³/mol. The summed E-state index contributed by atoms with van der Waals surface area (Å²) in [7, 11) is -4.20. The van der Waals surface area contributed by atoms with Crippen molar-refractivity contribution in [1.29, 1.82) is 0 Å². The lowest BCUT2D eigenvalue weighted by Gasteiger charge is -2.31. The van der Waals surface area contributed by atoms with E-state index in [4.69, 9.17) is 0 Å². The molecule has 1 fully saturated rings. The lowest BCUT2D eigenvalue weighted by atomic mass is 10.2. The van der Waals surface area contributed by atoms with Crippen LogP contribution in [0.3, 0.4) is 0 Å². The Hall–Kier alpha value is -1.28. The van der Waals surface area contributed by atoms with Crippen LogP contribution < -0.4 is 9.62 Å². The summed E-state index contributed by atoms with van der Waals surface area (Å²) in [6.45, 7) is -0.123. The number of anilines is 1. The molecule has 0 bridgehead atoms. The van der Waals surface area contributed by atoms with Crippen molar-refractivity contribution in [3.63, 3.8) is 0 Å². The topological polar surface area (TPSA) is 49.4 Å². The van der Waals surface area contributed by atoms with E-state index >= 15 is 0 Å². The van der Waals surface area contributed by atoms with Gasteiger partial charge in [-0.2, -0.15) is 4.72 Å². The Kier molecular flexibility index (Phi) is 2.36. The fourth-order valence-electron chi connectivity index (χ4n) is 2.08. The normalized spacial score (nSPS) is 21.8. The standard InChI is InChI=1S/C10H9F3N2O2S/c11-6-3-7(12)9-10(8(6)13)18(16,17)14-4-15(9)5-1-2-5/h3,5,14H,1-2,4H2. The molecule has 0 atom stereocenters. The zero-order chi connectivity index (χ0) is 13.1. The fourth-order valence-corrected chi connectivity index (χ4v) is 3.34. The Morgan fingerprint density at radius 1 is 1.22 bits per heavy atom. The van der Waals surface area contributed by atoms with Gasteiger partial charge in [-0.1, -0.05) is 0 Å². The molecule has 1 aromatic rings. The van der Waals surface area contributed by atoms with Crippen LogP contribution in [-0.4, -0.2) is 21.1 Å². The van der Waals surface area contributed by atoms with E-state index < -0.39 is 32.4 Å². The first-order valence-corrected chi connectivity index (χ1v) is 6.84. The average molecular weight is 278 g/mol. The van der Waals surface area contributed by atoms with Crippen molar-refractivity contribution in [3.8, 4) is 0 Å². The van der Waals surface area contributed by atoms with Crippen LogP contribution in [0.5, 0.6) is 0 Å². The molecule has 3 rings (SSSR count). The highest BCUT2D eigenvalue weighted by atomic mass is 32.2. The SMILES string of the molecule is O=S1(=O)NCN(C2CC2)c2c(F)cc(F)c(F)c21. The van der Waals surface area contributed by atoms with Crippen LogP contribution in [0.15, 0.2) is 11.0 Å². The molecule has 1 aliphatic carbocycles. The van der Waals surface area contributed by atoms with Crippen LogP contribution in [0.1, 0.15) is 12.8 Å². The number of benzene rings is 1. The Morgan fingerprint density at radius 2 is 1.89 bits per heavy atom. The Morgan fingerprint density at radius 3 is 2.50 bits per heavy atom. The number of fused-ring (bicyclic) bond motifs is 1. The summed E-state index contributed by atoms with van der Waals surface area (Å²) in [6.07, 6.45) is 1.55. The second-order valence-corrected chi connectivity index (χ2v) is 6.04. The molecule has 1 N–H and O–H groups in total. The third-order valence-electron chi connectivity index (χ3n) is 3.07. The Bertz CT molecular complexity index is 629. The van der Waals surface area contributed by atoms with E-state index in [0.717, 1.165) is 12.8 Å². The molecule has 0 radical (unpaired) electrons. The highest BCUT2D eigenvalue weighted by molar-refractivity contribution is 7.89. The van der Waals surface area contributed by atoms with Crippen LogP contribution in [0, 0.1) is 17.5 Å². The van der Waals surface area contributed by atoms with Gasteiger partial charge in [-0.25, -0.2) is 21.6 Å². The molecule has 0 saturated heterocycles. The molecule has 0 unspecified atom stereocenters. The number of halogens is 3. The van der Waals surface area contributed by atoms with Gasteiger partial charge in [-0.15, -0.1) is 0 Å². The summed E-state index contributed by atoms with van der Waals surface area (Å²) in [5, 5.41) is 0. The highest BCUT2D eigenvalue weighted by Crippen LogP contribution is 2.40. The molecule has 1 aromatic carbocycles. The van der Waals surface area contributed by atoms with Gasteiger partial charge in [0, 0.05) is 12.1 Å². The largest absolute Gasteiger partial charge is 0.351 e. The van der Waals surface area contributed by atoms with E-state index in [0.29, 0.717) is 6.07 Å². The molecule has 8 heteroatoms. The maximum absolute atomic E-state index is 13.8. The van der Waals surface area contributed by atoms with Crippen molar-refractivity contribution in [3.05, 3.63) is 23.5 Å². The molecule has 0 aromatic heterocycles. The van der Waals surface area contributed by atoms with Gasteiger partial charge in [0.2, 0.25) is 10.0 Å². The van der Waals surface area contributed by atoms with Gasteiger partial charge >= 0.3 is 0 Å². The van der Waals surface area contributed by atoms with Crippen LogP contribution in [0.2, 0.25) is 0 Å². The van der Waals surface area contributed by atoms with Crippen LogP contribution in [0.25, 0.3) is 0 Å². The smallest absolute Gasteiger partial charge is 0.247 e. The molecular weight excluding hydrogens is 269 g/mol. The van der Waals surface area contributed by atoms with Gasteiger partial charge in [0.25, 0.3) is 0 Å². The molecule has 18 heavy (non-hydrogen) atoms. The van der Waals surface area contributed by atoms with Gasteiger partial charge in [0.15, 0.2) is 17.5 Å². The number of hydrogen-bond donors (Lipinski definition) is 1. The monoisotopic (exact) mass is 278 g/mol. The number of hydrogen-bond acceptors (Lipinski definition) is 3. The van der Waals surface area contributed by atoms with Gasteiger partial charge in [-0.05, 0) is 12.8 Å². The van der Waals surface area contributed by atoms with Crippen molar-refractivity contribution < 1.29 is 21.6 Å². The molecule has 98 valence electrons. The van der Waals surface area contributed by atoms with Crippen LogP contribution >= 0.6 is 0 Å². The highest BCUT2D eigenvalue weighted by Gasteiger charge is 2.41. The number of sulfonamides is 1. The first kappa shape index (κ1) is 11.8. The third-order valence-corrected chi connectivity index (χ3v) is 4.49. The zero-order valence-corrected chi connectivity index (χ0v) is 9.90. The van der Waals surface area contributed by atoms with Gasteiger partial charge in [0.1, 0.15) is 4.90 Å². The van der Waals surface area contributed by atoms with E-state index in [-0.39, 0.29) is 18.4 Å².